The zero-order chi connectivity index (χ0) is 22.7. The molecule has 1 aliphatic rings. The van der Waals surface area contributed by atoms with Crippen molar-refractivity contribution in [2.24, 2.45) is 0 Å². The first kappa shape index (κ1) is 21.8. The number of likely N-dealkylation sites (tertiary alicyclic amines) is 1. The van der Waals surface area contributed by atoms with Crippen molar-refractivity contribution in [3.05, 3.63) is 54.2 Å². The van der Waals surface area contributed by atoms with E-state index in [0.29, 0.717) is 43.9 Å². The predicted molar refractivity (Wildman–Crippen MR) is 121 cm³/mol. The summed E-state index contributed by atoms with van der Waals surface area (Å²) in [6.45, 7) is 2.77. The molecule has 1 aliphatic heterocycles. The van der Waals surface area contributed by atoms with Gasteiger partial charge in [0.2, 0.25) is 11.8 Å². The number of anilines is 1. The Morgan fingerprint density at radius 3 is 2.66 bits per heavy atom. The van der Waals surface area contributed by atoms with E-state index in [1.807, 2.05) is 42.5 Å². The molecule has 0 unspecified atom stereocenters. The quantitative estimate of drug-likeness (QED) is 0.619. The van der Waals surface area contributed by atoms with Crippen molar-refractivity contribution in [1.29, 1.82) is 0 Å². The van der Waals surface area contributed by atoms with Gasteiger partial charge in [-0.05, 0) is 37.1 Å². The van der Waals surface area contributed by atoms with Crippen LogP contribution in [0.5, 0.6) is 5.75 Å². The number of amides is 2. The van der Waals surface area contributed by atoms with E-state index < -0.39 is 5.60 Å². The third-order valence-electron chi connectivity index (χ3n) is 5.99. The molecule has 1 aromatic heterocycles. The lowest BCUT2D eigenvalue weighted by atomic mass is 9.91. The van der Waals surface area contributed by atoms with E-state index in [1.165, 1.54) is 6.92 Å². The number of ether oxygens (including phenoxy) is 1. The molecule has 0 bridgehead atoms. The fourth-order valence-corrected chi connectivity index (χ4v) is 4.21. The maximum Gasteiger partial charge on any atom is 0.227 e. The number of fused-ring (bicyclic) bond motifs is 1. The number of aliphatic hydroxyl groups is 1. The number of carbonyl (C=O) groups excluding carboxylic acids is 2. The van der Waals surface area contributed by atoms with Crippen LogP contribution < -0.4 is 10.1 Å². The molecule has 2 N–H and O–H groups in total. The van der Waals surface area contributed by atoms with E-state index in [4.69, 9.17) is 4.74 Å². The maximum atomic E-state index is 12.8. The number of piperidine rings is 1. The Bertz CT molecular complexity index is 1130. The van der Waals surface area contributed by atoms with Crippen LogP contribution >= 0.6 is 0 Å². The van der Waals surface area contributed by atoms with Gasteiger partial charge in [0.05, 0.1) is 37.4 Å². The number of benzene rings is 2. The van der Waals surface area contributed by atoms with Crippen LogP contribution in [-0.2, 0) is 22.6 Å². The molecule has 0 spiro atoms. The Hall–Kier alpha value is -3.39. The van der Waals surface area contributed by atoms with E-state index in [-0.39, 0.29) is 18.2 Å². The third-order valence-corrected chi connectivity index (χ3v) is 5.99. The third kappa shape index (κ3) is 4.75. The van der Waals surface area contributed by atoms with Crippen molar-refractivity contribution in [3.8, 4) is 5.75 Å². The first-order valence-corrected chi connectivity index (χ1v) is 10.7. The van der Waals surface area contributed by atoms with Crippen LogP contribution in [0.15, 0.2) is 48.7 Å². The fourth-order valence-electron chi connectivity index (χ4n) is 4.21. The normalized spacial score (nSPS) is 15.5. The first-order chi connectivity index (χ1) is 15.4. The van der Waals surface area contributed by atoms with E-state index in [0.717, 1.165) is 16.5 Å². The van der Waals surface area contributed by atoms with E-state index in [1.54, 1.807) is 22.9 Å². The lowest BCUT2D eigenvalue weighted by Gasteiger charge is -2.38. The second-order valence-electron chi connectivity index (χ2n) is 8.35. The summed E-state index contributed by atoms with van der Waals surface area (Å²) >= 11 is 0. The molecule has 1 saturated heterocycles. The van der Waals surface area contributed by atoms with Gasteiger partial charge in [0.15, 0.2) is 0 Å². The zero-order valence-corrected chi connectivity index (χ0v) is 18.4. The molecule has 3 aromatic rings. The van der Waals surface area contributed by atoms with E-state index in [2.05, 4.69) is 10.4 Å². The summed E-state index contributed by atoms with van der Waals surface area (Å²) in [5.41, 5.74) is 1.44. The molecule has 0 radical (unpaired) electrons. The average Bonchev–Trinajstić information content (AvgIpc) is 3.15. The van der Waals surface area contributed by atoms with Crippen molar-refractivity contribution in [3.63, 3.8) is 0 Å². The molecule has 0 atom stereocenters. The van der Waals surface area contributed by atoms with Gasteiger partial charge in [-0.3, -0.25) is 14.3 Å². The standard InChI is InChI=1S/C24H28N4O4/c1-17(29)26-20-8-7-19-15-25-28(21(19)14-20)16-24(31)9-11-27(12-10-24)23(30)13-18-5-3-4-6-22(18)32-2/h3-8,14-15,31H,9-13,16H2,1-2H3,(H,26,29). The van der Waals surface area contributed by atoms with Crippen LogP contribution in [0.1, 0.15) is 25.3 Å². The SMILES string of the molecule is COc1ccccc1CC(=O)N1CCC(O)(Cn2ncc3ccc(NC(C)=O)cc32)CC1. The van der Waals surface area contributed by atoms with Crippen LogP contribution in [0.3, 0.4) is 0 Å². The molecule has 1 fully saturated rings. The number of nitrogens with zero attached hydrogens (tertiary/aromatic N) is 3. The summed E-state index contributed by atoms with van der Waals surface area (Å²) in [5, 5.41) is 19.3. The molecule has 0 saturated carbocycles. The van der Waals surface area contributed by atoms with Crippen molar-refractivity contribution < 1.29 is 19.4 Å². The van der Waals surface area contributed by atoms with Gasteiger partial charge in [0.25, 0.3) is 0 Å². The summed E-state index contributed by atoms with van der Waals surface area (Å²) in [7, 11) is 1.60. The smallest absolute Gasteiger partial charge is 0.227 e. The van der Waals surface area contributed by atoms with Crippen molar-refractivity contribution >= 4 is 28.4 Å². The minimum absolute atomic E-state index is 0.0287. The number of hydrogen-bond donors (Lipinski definition) is 2. The molecule has 32 heavy (non-hydrogen) atoms. The largest absolute Gasteiger partial charge is 0.496 e. The Morgan fingerprint density at radius 2 is 1.94 bits per heavy atom. The Kier molecular flexibility index (Phi) is 6.14. The molecule has 4 rings (SSSR count). The van der Waals surface area contributed by atoms with Gasteiger partial charge in [0.1, 0.15) is 5.75 Å². The average molecular weight is 437 g/mol. The van der Waals surface area contributed by atoms with Crippen LogP contribution in [0.2, 0.25) is 0 Å². The summed E-state index contributed by atoms with van der Waals surface area (Å²) in [4.78, 5) is 26.0. The Morgan fingerprint density at radius 1 is 1.19 bits per heavy atom. The number of rotatable bonds is 6. The summed E-state index contributed by atoms with van der Waals surface area (Å²) < 4.78 is 7.12. The van der Waals surface area contributed by atoms with Crippen LogP contribution in [0.25, 0.3) is 10.9 Å². The summed E-state index contributed by atoms with van der Waals surface area (Å²) in [6.07, 6.45) is 2.97. The van der Waals surface area contributed by atoms with Crippen LogP contribution in [-0.4, -0.2) is 57.4 Å². The minimum atomic E-state index is -0.954. The highest BCUT2D eigenvalue weighted by Gasteiger charge is 2.35. The predicted octanol–water partition coefficient (Wildman–Crippen LogP) is 2.60. The molecular formula is C24H28N4O4. The van der Waals surface area contributed by atoms with Crippen molar-refractivity contribution in [1.82, 2.24) is 14.7 Å². The number of hydrogen-bond acceptors (Lipinski definition) is 5. The maximum absolute atomic E-state index is 12.8. The number of aromatic nitrogens is 2. The summed E-state index contributed by atoms with van der Waals surface area (Å²) in [6, 6.07) is 13.1. The monoisotopic (exact) mass is 436 g/mol. The lowest BCUT2D eigenvalue weighted by Crippen LogP contribution is -2.49. The zero-order valence-electron chi connectivity index (χ0n) is 18.4. The van der Waals surface area contributed by atoms with Crippen LogP contribution in [0.4, 0.5) is 5.69 Å². The molecule has 8 heteroatoms. The van der Waals surface area contributed by atoms with Gasteiger partial charge in [-0.25, -0.2) is 0 Å². The first-order valence-electron chi connectivity index (χ1n) is 10.7. The Labute approximate surface area is 186 Å². The molecular weight excluding hydrogens is 408 g/mol. The lowest BCUT2D eigenvalue weighted by molar-refractivity contribution is -0.135. The molecule has 0 aliphatic carbocycles. The van der Waals surface area contributed by atoms with Gasteiger partial charge >= 0.3 is 0 Å². The molecule has 2 heterocycles. The molecule has 8 nitrogen and oxygen atoms in total. The molecule has 2 aromatic carbocycles. The topological polar surface area (TPSA) is 96.7 Å². The second-order valence-corrected chi connectivity index (χ2v) is 8.35. The van der Waals surface area contributed by atoms with Gasteiger partial charge < -0.3 is 20.1 Å². The number of carbonyl (C=O) groups is 2. The van der Waals surface area contributed by atoms with Gasteiger partial charge in [-0.2, -0.15) is 5.10 Å². The number of nitrogens with one attached hydrogen (secondary N) is 1. The fraction of sp³-hybridized carbons (Fsp3) is 0.375. The second kappa shape index (κ2) is 9.00. The number of para-hydroxylation sites is 1. The Balaban J connectivity index is 1.41. The molecule has 168 valence electrons. The van der Waals surface area contributed by atoms with Gasteiger partial charge in [-0.15, -0.1) is 0 Å². The van der Waals surface area contributed by atoms with Crippen molar-refractivity contribution in [2.75, 3.05) is 25.5 Å². The highest BCUT2D eigenvalue weighted by atomic mass is 16.5. The van der Waals surface area contributed by atoms with Crippen LogP contribution in [0, 0.1) is 0 Å². The van der Waals surface area contributed by atoms with E-state index >= 15 is 0 Å². The highest BCUT2D eigenvalue weighted by molar-refractivity contribution is 5.92. The van der Waals surface area contributed by atoms with Gasteiger partial charge in [0, 0.05) is 36.7 Å². The summed E-state index contributed by atoms with van der Waals surface area (Å²) in [5.74, 6) is 0.596. The molecule has 2 amide bonds. The van der Waals surface area contributed by atoms with Gasteiger partial charge in [-0.1, -0.05) is 18.2 Å². The van der Waals surface area contributed by atoms with E-state index in [9.17, 15) is 14.7 Å². The number of methoxy groups -OCH3 is 1. The van der Waals surface area contributed by atoms with Crippen molar-refractivity contribution in [2.45, 2.75) is 38.3 Å². The minimum Gasteiger partial charge on any atom is -0.496 e. The highest BCUT2D eigenvalue weighted by Crippen LogP contribution is 2.28.